The quantitative estimate of drug-likeness (QED) is 0.335. The number of aliphatic hydroxyl groups is 1. The average molecular weight is 444 g/mol. The molecule has 1 unspecified atom stereocenters. The van der Waals surface area contributed by atoms with Gasteiger partial charge in [-0.3, -0.25) is 14.6 Å². The summed E-state index contributed by atoms with van der Waals surface area (Å²) in [6, 6.07) is 18.4. The Hall–Kier alpha value is -4.13. The van der Waals surface area contributed by atoms with Crippen LogP contribution in [0.3, 0.4) is 0 Å². The number of ether oxygens (including phenoxy) is 2. The first-order valence-corrected chi connectivity index (χ1v) is 10.6. The Kier molecular flexibility index (Phi) is 6.40. The second-order valence-corrected chi connectivity index (χ2v) is 7.45. The van der Waals surface area contributed by atoms with Gasteiger partial charge in [-0.15, -0.1) is 0 Å². The lowest BCUT2D eigenvalue weighted by Crippen LogP contribution is -2.29. The van der Waals surface area contributed by atoms with Crippen molar-refractivity contribution in [2.75, 3.05) is 13.7 Å². The molecule has 0 bridgehead atoms. The molecule has 1 atom stereocenters. The highest BCUT2D eigenvalue weighted by Gasteiger charge is 2.46. The smallest absolute Gasteiger partial charge is 0.296 e. The Balaban J connectivity index is 1.81. The Morgan fingerprint density at radius 2 is 1.76 bits per heavy atom. The monoisotopic (exact) mass is 444 g/mol. The topological polar surface area (TPSA) is 89.0 Å². The molecule has 7 nitrogen and oxygen atoms in total. The van der Waals surface area contributed by atoms with Crippen LogP contribution < -0.4 is 9.47 Å². The molecule has 0 spiro atoms. The summed E-state index contributed by atoms with van der Waals surface area (Å²) in [6.45, 7) is 2.51. The number of benzene rings is 2. The summed E-state index contributed by atoms with van der Waals surface area (Å²) in [5.74, 6) is -0.469. The van der Waals surface area contributed by atoms with Crippen LogP contribution in [-0.2, 0) is 16.1 Å². The predicted octanol–water partition coefficient (Wildman–Crippen LogP) is 4.11. The lowest BCUT2D eigenvalue weighted by Gasteiger charge is -2.25. The van der Waals surface area contributed by atoms with Crippen molar-refractivity contribution in [1.29, 1.82) is 0 Å². The molecule has 0 radical (unpaired) electrons. The molecule has 0 aliphatic carbocycles. The SMILES string of the molecule is CCOc1ccc(/C(O)=C2/C(=O)C(=O)N(Cc3ccccc3OC)C2c2ccccn2)cc1. The fraction of sp³-hybridized carbons (Fsp3) is 0.192. The minimum Gasteiger partial charge on any atom is -0.507 e. The molecule has 1 fully saturated rings. The summed E-state index contributed by atoms with van der Waals surface area (Å²) in [5.41, 5.74) is 1.63. The number of para-hydroxylation sites is 1. The van der Waals surface area contributed by atoms with E-state index in [-0.39, 0.29) is 17.9 Å². The first-order chi connectivity index (χ1) is 16.0. The zero-order valence-electron chi connectivity index (χ0n) is 18.4. The molecule has 4 rings (SSSR count). The van der Waals surface area contributed by atoms with Gasteiger partial charge in [0.15, 0.2) is 0 Å². The number of carbonyl (C=O) groups excluding carboxylic acids is 2. The number of pyridine rings is 1. The molecule has 1 amide bonds. The molecular weight excluding hydrogens is 420 g/mol. The molecule has 1 aliphatic heterocycles. The van der Waals surface area contributed by atoms with Crippen LogP contribution >= 0.6 is 0 Å². The highest BCUT2D eigenvalue weighted by atomic mass is 16.5. The van der Waals surface area contributed by atoms with Crippen LogP contribution in [0, 0.1) is 0 Å². The zero-order valence-corrected chi connectivity index (χ0v) is 18.4. The van der Waals surface area contributed by atoms with Crippen molar-refractivity contribution in [3.63, 3.8) is 0 Å². The van der Waals surface area contributed by atoms with Gasteiger partial charge in [-0.05, 0) is 49.4 Å². The molecule has 1 N–H and O–H groups in total. The third kappa shape index (κ3) is 4.30. The van der Waals surface area contributed by atoms with E-state index in [9.17, 15) is 14.7 Å². The van der Waals surface area contributed by atoms with Gasteiger partial charge >= 0.3 is 0 Å². The molecule has 168 valence electrons. The first-order valence-electron chi connectivity index (χ1n) is 10.6. The first kappa shape index (κ1) is 22.1. The second kappa shape index (κ2) is 9.56. The van der Waals surface area contributed by atoms with Crippen LogP contribution in [0.5, 0.6) is 11.5 Å². The van der Waals surface area contributed by atoms with Gasteiger partial charge in [-0.1, -0.05) is 24.3 Å². The summed E-state index contributed by atoms with van der Waals surface area (Å²) < 4.78 is 10.9. The number of aliphatic hydroxyl groups excluding tert-OH is 1. The van der Waals surface area contributed by atoms with Crippen LogP contribution in [0.25, 0.3) is 5.76 Å². The fourth-order valence-corrected chi connectivity index (χ4v) is 3.94. The third-order valence-electron chi connectivity index (χ3n) is 5.48. The molecule has 0 saturated carbocycles. The van der Waals surface area contributed by atoms with Gasteiger partial charge in [0.1, 0.15) is 23.3 Å². The van der Waals surface area contributed by atoms with Crippen molar-refractivity contribution < 1.29 is 24.2 Å². The van der Waals surface area contributed by atoms with Gasteiger partial charge in [0.25, 0.3) is 11.7 Å². The average Bonchev–Trinajstić information content (AvgIpc) is 3.10. The van der Waals surface area contributed by atoms with Crippen molar-refractivity contribution in [1.82, 2.24) is 9.88 Å². The summed E-state index contributed by atoms with van der Waals surface area (Å²) >= 11 is 0. The van der Waals surface area contributed by atoms with E-state index < -0.39 is 17.7 Å². The molecule has 33 heavy (non-hydrogen) atoms. The van der Waals surface area contributed by atoms with Crippen LogP contribution in [-0.4, -0.2) is 40.4 Å². The number of methoxy groups -OCH3 is 1. The van der Waals surface area contributed by atoms with E-state index >= 15 is 0 Å². The maximum absolute atomic E-state index is 13.1. The van der Waals surface area contributed by atoms with E-state index in [1.165, 1.54) is 4.90 Å². The molecule has 2 heterocycles. The Morgan fingerprint density at radius 1 is 1.03 bits per heavy atom. The number of aromatic nitrogens is 1. The van der Waals surface area contributed by atoms with Crippen LogP contribution in [0.4, 0.5) is 0 Å². The molecular formula is C26H24N2O5. The predicted molar refractivity (Wildman–Crippen MR) is 123 cm³/mol. The molecule has 1 aliphatic rings. The van der Waals surface area contributed by atoms with E-state index in [1.807, 2.05) is 25.1 Å². The summed E-state index contributed by atoms with van der Waals surface area (Å²) in [5, 5.41) is 11.1. The van der Waals surface area contributed by atoms with Gasteiger partial charge in [0.2, 0.25) is 0 Å². The van der Waals surface area contributed by atoms with Crippen molar-refractivity contribution >= 4 is 17.4 Å². The summed E-state index contributed by atoms with van der Waals surface area (Å²) in [6.07, 6.45) is 1.59. The van der Waals surface area contributed by atoms with E-state index in [4.69, 9.17) is 9.47 Å². The van der Waals surface area contributed by atoms with Crippen LogP contribution in [0.1, 0.15) is 29.8 Å². The number of nitrogens with zero attached hydrogens (tertiary/aromatic N) is 2. The largest absolute Gasteiger partial charge is 0.507 e. The lowest BCUT2D eigenvalue weighted by molar-refractivity contribution is -0.140. The second-order valence-electron chi connectivity index (χ2n) is 7.45. The fourth-order valence-electron chi connectivity index (χ4n) is 3.94. The number of hydrogen-bond acceptors (Lipinski definition) is 6. The molecule has 2 aromatic carbocycles. The number of likely N-dealkylation sites (tertiary alicyclic amines) is 1. The molecule has 1 aromatic heterocycles. The molecule has 7 heteroatoms. The highest BCUT2D eigenvalue weighted by Crippen LogP contribution is 2.40. The zero-order chi connectivity index (χ0) is 23.4. The minimum absolute atomic E-state index is 0.00208. The summed E-state index contributed by atoms with van der Waals surface area (Å²) in [4.78, 5) is 32.1. The highest BCUT2D eigenvalue weighted by molar-refractivity contribution is 6.46. The van der Waals surface area contributed by atoms with Gasteiger partial charge < -0.3 is 19.5 Å². The van der Waals surface area contributed by atoms with Gasteiger partial charge in [-0.25, -0.2) is 0 Å². The Bertz CT molecular complexity index is 1190. The number of amides is 1. The summed E-state index contributed by atoms with van der Waals surface area (Å²) in [7, 11) is 1.55. The lowest BCUT2D eigenvalue weighted by atomic mass is 9.98. The Labute approximate surface area is 191 Å². The third-order valence-corrected chi connectivity index (χ3v) is 5.48. The van der Waals surface area contributed by atoms with E-state index in [1.54, 1.807) is 61.8 Å². The minimum atomic E-state index is -0.845. The van der Waals surface area contributed by atoms with Crippen molar-refractivity contribution in [3.05, 3.63) is 95.3 Å². The maximum Gasteiger partial charge on any atom is 0.296 e. The number of Topliss-reactive ketones (excluding diaryl/α,β-unsaturated/α-hetero) is 1. The molecule has 3 aromatic rings. The normalized spacial score (nSPS) is 17.3. The van der Waals surface area contributed by atoms with Crippen molar-refractivity contribution in [3.8, 4) is 11.5 Å². The van der Waals surface area contributed by atoms with Crippen LogP contribution in [0.2, 0.25) is 0 Å². The number of rotatable bonds is 7. The Morgan fingerprint density at radius 3 is 2.42 bits per heavy atom. The van der Waals surface area contributed by atoms with Gasteiger partial charge in [0, 0.05) is 17.3 Å². The van der Waals surface area contributed by atoms with E-state index in [2.05, 4.69) is 4.98 Å². The van der Waals surface area contributed by atoms with E-state index in [0.717, 1.165) is 5.56 Å². The van der Waals surface area contributed by atoms with Crippen LogP contribution in [0.15, 0.2) is 78.5 Å². The van der Waals surface area contributed by atoms with Gasteiger partial charge in [-0.2, -0.15) is 0 Å². The number of carbonyl (C=O) groups is 2. The van der Waals surface area contributed by atoms with Gasteiger partial charge in [0.05, 0.1) is 31.5 Å². The molecule has 1 saturated heterocycles. The van der Waals surface area contributed by atoms with Crippen molar-refractivity contribution in [2.45, 2.75) is 19.5 Å². The number of ketones is 1. The van der Waals surface area contributed by atoms with Crippen molar-refractivity contribution in [2.24, 2.45) is 0 Å². The number of hydrogen-bond donors (Lipinski definition) is 1. The maximum atomic E-state index is 13.1. The van der Waals surface area contributed by atoms with E-state index in [0.29, 0.717) is 29.4 Å². The standard InChI is InChI=1S/C26H24N2O5/c1-3-33-19-13-11-17(12-14-19)24(29)22-23(20-9-6-7-15-27-20)28(26(31)25(22)30)16-18-8-4-5-10-21(18)32-2/h4-15,23,29H,3,16H2,1-2H3/b24-22-.